The number of benzene rings is 1. The van der Waals surface area contributed by atoms with Crippen LogP contribution in [0.5, 0.6) is 5.75 Å². The third kappa shape index (κ3) is 3.00. The van der Waals surface area contributed by atoms with E-state index in [1.165, 1.54) is 6.07 Å². The Kier molecular flexibility index (Phi) is 3.96. The van der Waals surface area contributed by atoms with Gasteiger partial charge >= 0.3 is 5.69 Å². The molecule has 102 valence electrons. The van der Waals surface area contributed by atoms with Gasteiger partial charge in [-0.05, 0) is 18.6 Å². The Labute approximate surface area is 109 Å². The molecule has 0 saturated carbocycles. The van der Waals surface area contributed by atoms with Crippen LogP contribution in [0, 0.1) is 10.1 Å². The van der Waals surface area contributed by atoms with Gasteiger partial charge in [0.2, 0.25) is 0 Å². The second-order valence-corrected chi connectivity index (χ2v) is 4.22. The lowest BCUT2D eigenvalue weighted by Gasteiger charge is -2.19. The number of nitro benzene ring substituents is 1. The van der Waals surface area contributed by atoms with Crippen LogP contribution in [-0.4, -0.2) is 47.1 Å². The van der Waals surface area contributed by atoms with Crippen molar-refractivity contribution in [2.45, 2.75) is 6.42 Å². The highest BCUT2D eigenvalue weighted by molar-refractivity contribution is 5.95. The first kappa shape index (κ1) is 13.3. The average Bonchev–Trinajstić information content (AvgIpc) is 2.66. The minimum Gasteiger partial charge on any atom is -0.502 e. The summed E-state index contributed by atoms with van der Waals surface area (Å²) in [5, 5.41) is 20.1. The number of hydrogen-bond acceptors (Lipinski definition) is 5. The van der Waals surface area contributed by atoms with Crippen molar-refractivity contribution in [1.29, 1.82) is 0 Å². The Balaban J connectivity index is 2.19. The van der Waals surface area contributed by atoms with E-state index in [4.69, 9.17) is 4.74 Å². The van der Waals surface area contributed by atoms with Crippen LogP contribution >= 0.6 is 0 Å². The van der Waals surface area contributed by atoms with Gasteiger partial charge in [0.1, 0.15) is 0 Å². The molecule has 0 aliphatic carbocycles. The molecule has 1 heterocycles. The van der Waals surface area contributed by atoms with Crippen molar-refractivity contribution in [2.24, 2.45) is 0 Å². The SMILES string of the molecule is O=C(c1ccc([N+](=O)[O-])c(O)c1)N1CCCOCC1. The summed E-state index contributed by atoms with van der Waals surface area (Å²) < 4.78 is 5.25. The Hall–Kier alpha value is -2.15. The van der Waals surface area contributed by atoms with Gasteiger partial charge in [0, 0.05) is 31.3 Å². The van der Waals surface area contributed by atoms with E-state index in [2.05, 4.69) is 0 Å². The Morgan fingerprint density at radius 3 is 2.84 bits per heavy atom. The van der Waals surface area contributed by atoms with Gasteiger partial charge in [0.05, 0.1) is 11.5 Å². The van der Waals surface area contributed by atoms with Crippen LogP contribution in [0.15, 0.2) is 18.2 Å². The summed E-state index contributed by atoms with van der Waals surface area (Å²) >= 11 is 0. The van der Waals surface area contributed by atoms with E-state index in [-0.39, 0.29) is 11.5 Å². The molecule has 0 radical (unpaired) electrons. The van der Waals surface area contributed by atoms with Gasteiger partial charge in [-0.15, -0.1) is 0 Å². The molecule has 2 rings (SSSR count). The smallest absolute Gasteiger partial charge is 0.310 e. The van der Waals surface area contributed by atoms with Gasteiger partial charge in [-0.2, -0.15) is 0 Å². The van der Waals surface area contributed by atoms with Crippen molar-refractivity contribution in [3.05, 3.63) is 33.9 Å². The first-order valence-electron chi connectivity index (χ1n) is 5.94. The van der Waals surface area contributed by atoms with E-state index in [9.17, 15) is 20.0 Å². The number of nitro groups is 1. The summed E-state index contributed by atoms with van der Waals surface area (Å²) in [6.45, 7) is 2.16. The van der Waals surface area contributed by atoms with Gasteiger partial charge in [-0.1, -0.05) is 0 Å². The zero-order chi connectivity index (χ0) is 13.8. The number of nitrogens with zero attached hydrogens (tertiary/aromatic N) is 2. The third-order valence-electron chi connectivity index (χ3n) is 2.93. The summed E-state index contributed by atoms with van der Waals surface area (Å²) in [6.07, 6.45) is 0.755. The molecule has 7 heteroatoms. The molecule has 1 aromatic rings. The van der Waals surface area contributed by atoms with Crippen LogP contribution < -0.4 is 0 Å². The molecular formula is C12H14N2O5. The number of hydrogen-bond donors (Lipinski definition) is 1. The van der Waals surface area contributed by atoms with Gasteiger partial charge in [0.25, 0.3) is 5.91 Å². The highest BCUT2D eigenvalue weighted by atomic mass is 16.6. The maximum atomic E-state index is 12.2. The summed E-state index contributed by atoms with van der Waals surface area (Å²) in [5.74, 6) is -0.752. The van der Waals surface area contributed by atoms with E-state index in [0.717, 1.165) is 18.6 Å². The number of phenolic OH excluding ortho intramolecular Hbond substituents is 1. The quantitative estimate of drug-likeness (QED) is 0.640. The Bertz CT molecular complexity index is 495. The summed E-state index contributed by atoms with van der Waals surface area (Å²) in [6, 6.07) is 3.62. The number of phenols is 1. The van der Waals surface area contributed by atoms with Crippen LogP contribution in [0.25, 0.3) is 0 Å². The zero-order valence-corrected chi connectivity index (χ0v) is 10.2. The third-order valence-corrected chi connectivity index (χ3v) is 2.93. The average molecular weight is 266 g/mol. The van der Waals surface area contributed by atoms with E-state index < -0.39 is 16.4 Å². The van der Waals surface area contributed by atoms with Crippen molar-refractivity contribution >= 4 is 11.6 Å². The van der Waals surface area contributed by atoms with Crippen molar-refractivity contribution < 1.29 is 19.6 Å². The van der Waals surface area contributed by atoms with Crippen LogP contribution in [0.4, 0.5) is 5.69 Å². The first-order valence-corrected chi connectivity index (χ1v) is 5.94. The minimum atomic E-state index is -0.691. The fourth-order valence-corrected chi connectivity index (χ4v) is 1.94. The fourth-order valence-electron chi connectivity index (χ4n) is 1.94. The van der Waals surface area contributed by atoms with Gasteiger partial charge in [-0.3, -0.25) is 14.9 Å². The molecular weight excluding hydrogens is 252 g/mol. The summed E-state index contributed by atoms with van der Waals surface area (Å²) in [4.78, 5) is 23.7. The normalized spacial score (nSPS) is 15.9. The largest absolute Gasteiger partial charge is 0.502 e. The lowest BCUT2D eigenvalue weighted by molar-refractivity contribution is -0.385. The summed E-state index contributed by atoms with van der Waals surface area (Å²) in [5.41, 5.74) is -0.166. The van der Waals surface area contributed by atoms with E-state index >= 15 is 0 Å². The molecule has 0 bridgehead atoms. The second kappa shape index (κ2) is 5.66. The molecule has 19 heavy (non-hydrogen) atoms. The highest BCUT2D eigenvalue weighted by Crippen LogP contribution is 2.26. The van der Waals surface area contributed by atoms with E-state index in [0.29, 0.717) is 26.3 Å². The molecule has 1 aromatic carbocycles. The van der Waals surface area contributed by atoms with Gasteiger partial charge in [-0.25, -0.2) is 0 Å². The molecule has 1 N–H and O–H groups in total. The molecule has 1 aliphatic heterocycles. The van der Waals surface area contributed by atoms with Crippen LogP contribution in [0.2, 0.25) is 0 Å². The van der Waals surface area contributed by atoms with Crippen molar-refractivity contribution in [3.8, 4) is 5.75 Å². The molecule has 0 spiro atoms. The standard InChI is InChI=1S/C12H14N2O5/c15-11-8-9(2-3-10(11)14(17)18)12(16)13-4-1-6-19-7-5-13/h2-3,8,15H,1,4-7H2. The molecule has 0 atom stereocenters. The number of rotatable bonds is 2. The maximum absolute atomic E-state index is 12.2. The fraction of sp³-hybridized carbons (Fsp3) is 0.417. The molecule has 1 saturated heterocycles. The van der Waals surface area contributed by atoms with Crippen molar-refractivity contribution in [2.75, 3.05) is 26.3 Å². The predicted molar refractivity (Wildman–Crippen MR) is 66.1 cm³/mol. The molecule has 1 amide bonds. The molecule has 1 fully saturated rings. The number of ether oxygens (including phenoxy) is 1. The van der Waals surface area contributed by atoms with E-state index in [1.54, 1.807) is 4.90 Å². The van der Waals surface area contributed by atoms with Crippen LogP contribution in [0.1, 0.15) is 16.8 Å². The molecule has 7 nitrogen and oxygen atoms in total. The Morgan fingerprint density at radius 1 is 1.37 bits per heavy atom. The number of carbonyl (C=O) groups excluding carboxylic acids is 1. The topological polar surface area (TPSA) is 92.9 Å². The lowest BCUT2D eigenvalue weighted by atomic mass is 10.1. The molecule has 0 aromatic heterocycles. The molecule has 1 aliphatic rings. The van der Waals surface area contributed by atoms with Crippen molar-refractivity contribution in [3.63, 3.8) is 0 Å². The zero-order valence-electron chi connectivity index (χ0n) is 10.2. The highest BCUT2D eigenvalue weighted by Gasteiger charge is 2.20. The first-order chi connectivity index (χ1) is 9.09. The Morgan fingerprint density at radius 2 is 2.16 bits per heavy atom. The van der Waals surface area contributed by atoms with Crippen molar-refractivity contribution in [1.82, 2.24) is 4.90 Å². The van der Waals surface area contributed by atoms with Gasteiger partial charge in [0.15, 0.2) is 5.75 Å². The van der Waals surface area contributed by atoms with Crippen LogP contribution in [0.3, 0.4) is 0 Å². The lowest BCUT2D eigenvalue weighted by Crippen LogP contribution is -2.33. The number of carbonyl (C=O) groups is 1. The molecule has 0 unspecified atom stereocenters. The summed E-state index contributed by atoms with van der Waals surface area (Å²) in [7, 11) is 0. The second-order valence-electron chi connectivity index (χ2n) is 4.22. The minimum absolute atomic E-state index is 0.241. The van der Waals surface area contributed by atoms with Crippen LogP contribution in [-0.2, 0) is 4.74 Å². The number of aromatic hydroxyl groups is 1. The predicted octanol–water partition coefficient (Wildman–Crippen LogP) is 1.16. The monoisotopic (exact) mass is 266 g/mol. The maximum Gasteiger partial charge on any atom is 0.310 e. The van der Waals surface area contributed by atoms with Gasteiger partial charge < -0.3 is 14.7 Å². The number of amides is 1. The van der Waals surface area contributed by atoms with E-state index in [1.807, 2.05) is 0 Å².